The van der Waals surface area contributed by atoms with Gasteiger partial charge in [0.05, 0.1) is 4.90 Å². The lowest BCUT2D eigenvalue weighted by molar-refractivity contribution is 0.599. The molecule has 112 valence electrons. The summed E-state index contributed by atoms with van der Waals surface area (Å²) in [6.07, 6.45) is 0. The van der Waals surface area contributed by atoms with Gasteiger partial charge < -0.3 is 5.73 Å². The Bertz CT molecular complexity index is 789. The Morgan fingerprint density at radius 1 is 1.14 bits per heavy atom. The molecule has 0 atom stereocenters. The summed E-state index contributed by atoms with van der Waals surface area (Å²) in [6.45, 7) is 5.24. The van der Waals surface area contributed by atoms with Crippen LogP contribution in [-0.2, 0) is 10.0 Å². The fourth-order valence-corrected chi connectivity index (χ4v) is 3.74. The standard InChI is InChI=1S/C13H15ClN4O2S/c1-7-6-8(2)13(9(3)12(7)15)21(19,20)18-11-5-4-10(14)16-17-11/h4-6H,15H2,1-3H3,(H,17,18). The van der Waals surface area contributed by atoms with E-state index in [1.54, 1.807) is 19.9 Å². The van der Waals surface area contributed by atoms with Crippen LogP contribution in [0.4, 0.5) is 11.5 Å². The molecule has 0 fully saturated rings. The van der Waals surface area contributed by atoms with E-state index in [1.807, 2.05) is 6.92 Å². The quantitative estimate of drug-likeness (QED) is 0.844. The summed E-state index contributed by atoms with van der Waals surface area (Å²) in [5.41, 5.74) is 8.36. The van der Waals surface area contributed by atoms with Crippen molar-refractivity contribution in [2.24, 2.45) is 0 Å². The van der Waals surface area contributed by atoms with E-state index in [9.17, 15) is 8.42 Å². The Labute approximate surface area is 128 Å². The third-order valence-corrected chi connectivity index (χ3v) is 4.95. The van der Waals surface area contributed by atoms with Gasteiger partial charge in [0.25, 0.3) is 10.0 Å². The van der Waals surface area contributed by atoms with Crippen molar-refractivity contribution in [3.8, 4) is 0 Å². The lowest BCUT2D eigenvalue weighted by Crippen LogP contribution is -2.18. The molecule has 2 rings (SSSR count). The molecule has 1 heterocycles. The maximum Gasteiger partial charge on any atom is 0.263 e. The van der Waals surface area contributed by atoms with Gasteiger partial charge >= 0.3 is 0 Å². The highest BCUT2D eigenvalue weighted by Crippen LogP contribution is 2.29. The van der Waals surface area contributed by atoms with Gasteiger partial charge in [-0.2, -0.15) is 0 Å². The number of hydrogen-bond acceptors (Lipinski definition) is 5. The maximum atomic E-state index is 12.5. The number of nitrogens with two attached hydrogens (primary N) is 1. The average Bonchev–Trinajstić information content (AvgIpc) is 2.38. The number of aromatic nitrogens is 2. The second-order valence-electron chi connectivity index (χ2n) is 4.72. The zero-order chi connectivity index (χ0) is 15.8. The number of nitrogens with zero attached hydrogens (tertiary/aromatic N) is 2. The molecule has 0 saturated heterocycles. The van der Waals surface area contributed by atoms with Crippen LogP contribution in [0.25, 0.3) is 0 Å². The van der Waals surface area contributed by atoms with Crippen molar-refractivity contribution in [3.63, 3.8) is 0 Å². The first-order chi connectivity index (χ1) is 9.72. The second-order valence-corrected chi connectivity index (χ2v) is 6.73. The molecule has 0 spiro atoms. The van der Waals surface area contributed by atoms with Gasteiger partial charge in [-0.1, -0.05) is 17.7 Å². The van der Waals surface area contributed by atoms with E-state index in [1.165, 1.54) is 12.1 Å². The summed E-state index contributed by atoms with van der Waals surface area (Å²) >= 11 is 5.62. The summed E-state index contributed by atoms with van der Waals surface area (Å²) in [5.74, 6) is 0.0948. The number of aryl methyl sites for hydroxylation is 2. The Morgan fingerprint density at radius 3 is 2.38 bits per heavy atom. The Kier molecular flexibility index (Phi) is 4.06. The van der Waals surface area contributed by atoms with Gasteiger partial charge in [-0.15, -0.1) is 10.2 Å². The van der Waals surface area contributed by atoms with Crippen LogP contribution in [0.2, 0.25) is 5.15 Å². The number of halogens is 1. The van der Waals surface area contributed by atoms with E-state index in [0.717, 1.165) is 5.56 Å². The summed E-state index contributed by atoms with van der Waals surface area (Å²) in [7, 11) is -3.80. The monoisotopic (exact) mass is 326 g/mol. The highest BCUT2D eigenvalue weighted by Gasteiger charge is 2.22. The van der Waals surface area contributed by atoms with Gasteiger partial charge in [-0.05, 0) is 49.6 Å². The number of anilines is 2. The number of benzene rings is 1. The van der Waals surface area contributed by atoms with E-state index in [4.69, 9.17) is 17.3 Å². The van der Waals surface area contributed by atoms with Crippen molar-refractivity contribution in [3.05, 3.63) is 40.0 Å². The first kappa shape index (κ1) is 15.5. The first-order valence-corrected chi connectivity index (χ1v) is 7.97. The normalized spacial score (nSPS) is 11.4. The number of rotatable bonds is 3. The highest BCUT2D eigenvalue weighted by molar-refractivity contribution is 7.92. The summed E-state index contributed by atoms with van der Waals surface area (Å²) in [6, 6.07) is 4.63. The van der Waals surface area contributed by atoms with Crippen LogP contribution < -0.4 is 10.5 Å². The summed E-state index contributed by atoms with van der Waals surface area (Å²) in [5, 5.41) is 7.47. The molecule has 0 radical (unpaired) electrons. The molecular formula is C13H15ClN4O2S. The van der Waals surface area contributed by atoms with Crippen molar-refractivity contribution in [2.75, 3.05) is 10.5 Å². The third kappa shape index (κ3) is 3.08. The van der Waals surface area contributed by atoms with Crippen molar-refractivity contribution < 1.29 is 8.42 Å². The van der Waals surface area contributed by atoms with E-state index in [2.05, 4.69) is 14.9 Å². The molecule has 2 aromatic rings. The topological polar surface area (TPSA) is 98.0 Å². The molecule has 0 bridgehead atoms. The molecule has 1 aromatic heterocycles. The molecule has 3 N–H and O–H groups in total. The molecule has 6 nitrogen and oxygen atoms in total. The van der Waals surface area contributed by atoms with Crippen LogP contribution in [0, 0.1) is 20.8 Å². The van der Waals surface area contributed by atoms with Crippen LogP contribution in [-0.4, -0.2) is 18.6 Å². The Morgan fingerprint density at radius 2 is 1.81 bits per heavy atom. The van der Waals surface area contributed by atoms with Crippen LogP contribution in [0.15, 0.2) is 23.1 Å². The third-order valence-electron chi connectivity index (χ3n) is 3.10. The van der Waals surface area contributed by atoms with Crippen LogP contribution in [0.5, 0.6) is 0 Å². The summed E-state index contributed by atoms with van der Waals surface area (Å²) < 4.78 is 27.4. The minimum atomic E-state index is -3.80. The van der Waals surface area contributed by atoms with Crippen molar-refractivity contribution >= 4 is 33.1 Å². The first-order valence-electron chi connectivity index (χ1n) is 6.10. The van der Waals surface area contributed by atoms with Gasteiger partial charge in [0, 0.05) is 5.69 Å². The maximum absolute atomic E-state index is 12.5. The van der Waals surface area contributed by atoms with Crippen LogP contribution >= 0.6 is 11.6 Å². The molecule has 0 aliphatic carbocycles. The number of sulfonamides is 1. The van der Waals surface area contributed by atoms with Gasteiger partial charge in [-0.3, -0.25) is 4.72 Å². The van der Waals surface area contributed by atoms with E-state index >= 15 is 0 Å². The van der Waals surface area contributed by atoms with Gasteiger partial charge in [0.1, 0.15) is 0 Å². The lowest BCUT2D eigenvalue weighted by Gasteiger charge is -2.15. The smallest absolute Gasteiger partial charge is 0.263 e. The van der Waals surface area contributed by atoms with Crippen molar-refractivity contribution in [1.82, 2.24) is 10.2 Å². The zero-order valence-electron chi connectivity index (χ0n) is 11.8. The van der Waals surface area contributed by atoms with Crippen LogP contribution in [0.1, 0.15) is 16.7 Å². The predicted molar refractivity (Wildman–Crippen MR) is 82.9 cm³/mol. The van der Waals surface area contributed by atoms with E-state index < -0.39 is 10.0 Å². The molecule has 1 aromatic carbocycles. The molecule has 0 aliphatic rings. The Hall–Kier alpha value is -1.86. The Balaban J connectivity index is 2.50. The minimum Gasteiger partial charge on any atom is -0.398 e. The fourth-order valence-electron chi connectivity index (χ4n) is 2.15. The lowest BCUT2D eigenvalue weighted by atomic mass is 10.1. The van der Waals surface area contributed by atoms with Crippen molar-refractivity contribution in [2.45, 2.75) is 25.7 Å². The van der Waals surface area contributed by atoms with Crippen molar-refractivity contribution in [1.29, 1.82) is 0 Å². The predicted octanol–water partition coefficient (Wildman–Crippen LogP) is 2.44. The highest BCUT2D eigenvalue weighted by atomic mass is 35.5. The SMILES string of the molecule is Cc1cc(C)c(S(=O)(=O)Nc2ccc(Cl)nn2)c(C)c1N. The van der Waals surface area contributed by atoms with Gasteiger partial charge in [0.2, 0.25) is 0 Å². The van der Waals surface area contributed by atoms with E-state index in [0.29, 0.717) is 16.8 Å². The number of nitrogens with one attached hydrogen (secondary N) is 1. The van der Waals surface area contributed by atoms with Crippen LogP contribution in [0.3, 0.4) is 0 Å². The molecule has 0 saturated carbocycles. The molecule has 21 heavy (non-hydrogen) atoms. The molecule has 8 heteroatoms. The van der Waals surface area contributed by atoms with E-state index in [-0.39, 0.29) is 15.9 Å². The fraction of sp³-hybridized carbons (Fsp3) is 0.231. The second kappa shape index (κ2) is 5.50. The molecular weight excluding hydrogens is 312 g/mol. The molecule has 0 aliphatic heterocycles. The summed E-state index contributed by atoms with van der Waals surface area (Å²) in [4.78, 5) is 0.155. The average molecular weight is 327 g/mol. The number of hydrogen-bond donors (Lipinski definition) is 2. The van der Waals surface area contributed by atoms with Gasteiger partial charge in [0.15, 0.2) is 11.0 Å². The number of nitrogen functional groups attached to an aromatic ring is 1. The van der Waals surface area contributed by atoms with Gasteiger partial charge in [-0.25, -0.2) is 8.42 Å². The molecule has 0 unspecified atom stereocenters. The minimum absolute atomic E-state index is 0.0948. The zero-order valence-corrected chi connectivity index (χ0v) is 13.4. The molecule has 0 amide bonds. The largest absolute Gasteiger partial charge is 0.398 e.